The minimum absolute atomic E-state index is 0.108. The Morgan fingerprint density at radius 3 is 2.41 bits per heavy atom. The van der Waals surface area contributed by atoms with Crippen LogP contribution in [0, 0.1) is 0 Å². The molecule has 1 amide bonds. The number of nitrogens with one attached hydrogen (secondary N) is 1. The molecule has 10 heteroatoms. The van der Waals surface area contributed by atoms with Crippen molar-refractivity contribution < 1.29 is 17.9 Å². The third kappa shape index (κ3) is 5.05. The fourth-order valence-electron chi connectivity index (χ4n) is 3.96. The molecular weight excluding hydrogens is 473 g/mol. The summed E-state index contributed by atoms with van der Waals surface area (Å²) in [5.74, 6) is -0.350. The van der Waals surface area contributed by atoms with Crippen molar-refractivity contribution in [2.45, 2.75) is 24.3 Å². The van der Waals surface area contributed by atoms with Gasteiger partial charge in [-0.1, -0.05) is 29.3 Å². The zero-order valence-corrected chi connectivity index (χ0v) is 19.8. The Labute approximate surface area is 198 Å². The Bertz CT molecular complexity index is 1100. The third-order valence-electron chi connectivity index (χ3n) is 5.72. The predicted octanol–water partition coefficient (Wildman–Crippen LogP) is 3.54. The van der Waals surface area contributed by atoms with E-state index < -0.39 is 10.0 Å². The normalized spacial score (nSPS) is 17.5. The molecule has 2 aromatic carbocycles. The summed E-state index contributed by atoms with van der Waals surface area (Å²) in [7, 11) is -3.72. The lowest BCUT2D eigenvalue weighted by Crippen LogP contribution is -2.40. The van der Waals surface area contributed by atoms with Gasteiger partial charge in [-0.3, -0.25) is 4.79 Å². The number of benzene rings is 2. The molecule has 0 spiro atoms. The number of carbonyl (C=O) groups excluding carboxylic acids is 1. The molecular formula is C22H25Cl2N3O4S. The van der Waals surface area contributed by atoms with Gasteiger partial charge in [0.15, 0.2) is 0 Å². The van der Waals surface area contributed by atoms with Crippen molar-refractivity contribution in [1.82, 2.24) is 9.62 Å². The van der Waals surface area contributed by atoms with Gasteiger partial charge < -0.3 is 15.0 Å². The molecule has 0 radical (unpaired) electrons. The highest BCUT2D eigenvalue weighted by atomic mass is 35.5. The second-order valence-electron chi connectivity index (χ2n) is 7.81. The van der Waals surface area contributed by atoms with Gasteiger partial charge in [-0.2, -0.15) is 4.31 Å². The SMILES string of the molecule is O=C(NCc1ccc(Cl)cc1Cl)c1cc(S(=O)(=O)N2CCOCC2)ccc1N1CCCC1. The molecule has 2 aliphatic heterocycles. The van der Waals surface area contributed by atoms with Crippen molar-refractivity contribution in [2.75, 3.05) is 44.3 Å². The average Bonchev–Trinajstić information content (AvgIpc) is 3.33. The molecule has 32 heavy (non-hydrogen) atoms. The summed E-state index contributed by atoms with van der Waals surface area (Å²) in [6.45, 7) is 3.19. The van der Waals surface area contributed by atoms with Crippen molar-refractivity contribution in [2.24, 2.45) is 0 Å². The van der Waals surface area contributed by atoms with Crippen LogP contribution in [-0.2, 0) is 21.3 Å². The van der Waals surface area contributed by atoms with Crippen molar-refractivity contribution in [3.05, 3.63) is 57.6 Å². The molecule has 0 aromatic heterocycles. The van der Waals surface area contributed by atoms with Gasteiger partial charge in [0, 0.05) is 48.5 Å². The van der Waals surface area contributed by atoms with Gasteiger partial charge in [0.1, 0.15) is 0 Å². The summed E-state index contributed by atoms with van der Waals surface area (Å²) in [4.78, 5) is 15.4. The first-order chi connectivity index (χ1) is 15.4. The first-order valence-corrected chi connectivity index (χ1v) is 12.7. The minimum atomic E-state index is -3.72. The van der Waals surface area contributed by atoms with E-state index in [0.717, 1.165) is 37.2 Å². The highest BCUT2D eigenvalue weighted by Gasteiger charge is 2.29. The summed E-state index contributed by atoms with van der Waals surface area (Å²) in [5.41, 5.74) is 1.80. The second-order valence-corrected chi connectivity index (χ2v) is 10.6. The van der Waals surface area contributed by atoms with Gasteiger partial charge in [0.2, 0.25) is 10.0 Å². The van der Waals surface area contributed by atoms with E-state index in [9.17, 15) is 13.2 Å². The molecule has 2 fully saturated rings. The highest BCUT2D eigenvalue weighted by Crippen LogP contribution is 2.29. The number of rotatable bonds is 6. The maximum Gasteiger partial charge on any atom is 0.253 e. The van der Waals surface area contributed by atoms with Crippen LogP contribution in [0.25, 0.3) is 0 Å². The van der Waals surface area contributed by atoms with Gasteiger partial charge in [0.25, 0.3) is 5.91 Å². The van der Waals surface area contributed by atoms with Crippen molar-refractivity contribution in [3.63, 3.8) is 0 Å². The standard InChI is InChI=1S/C22H25Cl2N3O4S/c23-17-4-3-16(20(24)13-17)15-25-22(28)19-14-18(5-6-21(19)26-7-1-2-8-26)32(29,30)27-9-11-31-12-10-27/h3-6,13-14H,1-2,7-12,15H2,(H,25,28). The number of ether oxygens (including phenoxy) is 1. The van der Waals surface area contributed by atoms with E-state index in [1.54, 1.807) is 30.3 Å². The van der Waals surface area contributed by atoms with E-state index in [1.807, 2.05) is 0 Å². The smallest absolute Gasteiger partial charge is 0.253 e. The number of halogens is 2. The number of morpholine rings is 1. The number of carbonyl (C=O) groups is 1. The van der Waals surface area contributed by atoms with Crippen LogP contribution in [-0.4, -0.2) is 58.0 Å². The Hall–Kier alpha value is -1.84. The second kappa shape index (κ2) is 9.97. The average molecular weight is 498 g/mol. The molecule has 0 saturated carbocycles. The molecule has 2 heterocycles. The minimum Gasteiger partial charge on any atom is -0.379 e. The van der Waals surface area contributed by atoms with Crippen LogP contribution in [0.15, 0.2) is 41.3 Å². The summed E-state index contributed by atoms with van der Waals surface area (Å²) < 4.78 is 33.0. The first kappa shape index (κ1) is 23.3. The van der Waals surface area contributed by atoms with Crippen LogP contribution >= 0.6 is 23.2 Å². The van der Waals surface area contributed by atoms with E-state index in [2.05, 4.69) is 10.2 Å². The summed E-state index contributed by atoms with van der Waals surface area (Å²) in [6, 6.07) is 9.90. The molecule has 0 atom stereocenters. The quantitative estimate of drug-likeness (QED) is 0.659. The number of amides is 1. The monoisotopic (exact) mass is 497 g/mol. The molecule has 0 bridgehead atoms. The maximum atomic E-state index is 13.2. The maximum absolute atomic E-state index is 13.2. The Kier molecular flexibility index (Phi) is 7.27. The lowest BCUT2D eigenvalue weighted by molar-refractivity contribution is 0.0730. The number of anilines is 1. The van der Waals surface area contributed by atoms with E-state index in [4.69, 9.17) is 27.9 Å². The fourth-order valence-corrected chi connectivity index (χ4v) is 5.87. The largest absolute Gasteiger partial charge is 0.379 e. The van der Waals surface area contributed by atoms with Crippen LogP contribution < -0.4 is 10.2 Å². The highest BCUT2D eigenvalue weighted by molar-refractivity contribution is 7.89. The lowest BCUT2D eigenvalue weighted by Gasteiger charge is -2.27. The topological polar surface area (TPSA) is 79.0 Å². The molecule has 172 valence electrons. The van der Waals surface area contributed by atoms with Gasteiger partial charge in [-0.05, 0) is 48.7 Å². The first-order valence-electron chi connectivity index (χ1n) is 10.6. The zero-order chi connectivity index (χ0) is 22.7. The molecule has 2 aliphatic rings. The lowest BCUT2D eigenvalue weighted by atomic mass is 10.1. The van der Waals surface area contributed by atoms with Crippen LogP contribution in [0.2, 0.25) is 10.0 Å². The van der Waals surface area contributed by atoms with Crippen LogP contribution in [0.3, 0.4) is 0 Å². The van der Waals surface area contributed by atoms with Crippen molar-refractivity contribution in [1.29, 1.82) is 0 Å². The van der Waals surface area contributed by atoms with Crippen molar-refractivity contribution in [3.8, 4) is 0 Å². The predicted molar refractivity (Wildman–Crippen MR) is 125 cm³/mol. The Morgan fingerprint density at radius 1 is 1.00 bits per heavy atom. The van der Waals surface area contributed by atoms with E-state index in [0.29, 0.717) is 41.9 Å². The molecule has 2 saturated heterocycles. The van der Waals surface area contributed by atoms with Gasteiger partial charge in [-0.25, -0.2) is 8.42 Å². The number of hydrogen-bond acceptors (Lipinski definition) is 5. The van der Waals surface area contributed by atoms with Crippen LogP contribution in [0.4, 0.5) is 5.69 Å². The Balaban J connectivity index is 1.62. The van der Waals surface area contributed by atoms with Crippen LogP contribution in [0.1, 0.15) is 28.8 Å². The van der Waals surface area contributed by atoms with E-state index >= 15 is 0 Å². The molecule has 0 aliphatic carbocycles. The summed E-state index contributed by atoms with van der Waals surface area (Å²) in [5, 5.41) is 3.85. The van der Waals surface area contributed by atoms with E-state index in [-0.39, 0.29) is 17.3 Å². The Morgan fingerprint density at radius 2 is 1.72 bits per heavy atom. The molecule has 2 aromatic rings. The summed E-state index contributed by atoms with van der Waals surface area (Å²) >= 11 is 12.2. The van der Waals surface area contributed by atoms with Gasteiger partial charge in [-0.15, -0.1) is 0 Å². The van der Waals surface area contributed by atoms with Crippen LogP contribution in [0.5, 0.6) is 0 Å². The third-order valence-corrected chi connectivity index (χ3v) is 8.20. The summed E-state index contributed by atoms with van der Waals surface area (Å²) in [6.07, 6.45) is 2.07. The number of hydrogen-bond donors (Lipinski definition) is 1. The van der Waals surface area contributed by atoms with Gasteiger partial charge in [0.05, 0.1) is 23.7 Å². The molecule has 7 nitrogen and oxygen atoms in total. The van der Waals surface area contributed by atoms with Gasteiger partial charge >= 0.3 is 0 Å². The fraction of sp³-hybridized carbons (Fsp3) is 0.409. The molecule has 1 N–H and O–H groups in total. The van der Waals surface area contributed by atoms with Crippen molar-refractivity contribution >= 4 is 44.8 Å². The molecule has 0 unspecified atom stereocenters. The molecule has 4 rings (SSSR count). The van der Waals surface area contributed by atoms with E-state index in [1.165, 1.54) is 10.4 Å². The number of nitrogens with zero attached hydrogens (tertiary/aromatic N) is 2. The zero-order valence-electron chi connectivity index (χ0n) is 17.5. The number of sulfonamides is 1.